The zero-order chi connectivity index (χ0) is 25.3. The third-order valence-electron chi connectivity index (χ3n) is 6.76. The molecule has 1 heterocycles. The maximum Gasteiger partial charge on any atom is 0.240 e. The van der Waals surface area contributed by atoms with E-state index in [4.69, 9.17) is 9.47 Å². The van der Waals surface area contributed by atoms with Crippen molar-refractivity contribution in [2.45, 2.75) is 42.5 Å². The number of carbonyl (C=O) groups excluding carboxylic acids is 1. The highest BCUT2D eigenvalue weighted by atomic mass is 32.2. The number of ether oxygens (including phenoxy) is 2. The first-order valence-corrected chi connectivity index (χ1v) is 13.4. The van der Waals surface area contributed by atoms with Gasteiger partial charge in [0.15, 0.2) is 11.5 Å². The van der Waals surface area contributed by atoms with Gasteiger partial charge in [-0.3, -0.25) is 4.79 Å². The predicted octanol–water partition coefficient (Wildman–Crippen LogP) is 3.80. The van der Waals surface area contributed by atoms with E-state index in [1.54, 1.807) is 19.1 Å². The third-order valence-corrected chi connectivity index (χ3v) is 8.30. The van der Waals surface area contributed by atoms with Crippen LogP contribution < -0.4 is 19.5 Å². The van der Waals surface area contributed by atoms with Gasteiger partial charge in [-0.25, -0.2) is 13.1 Å². The molecule has 3 aromatic rings. The predicted molar refractivity (Wildman–Crippen MR) is 135 cm³/mol. The Kier molecular flexibility index (Phi) is 6.46. The molecule has 3 aromatic carbocycles. The summed E-state index contributed by atoms with van der Waals surface area (Å²) in [5.74, 6) is 1.28. The first-order chi connectivity index (χ1) is 17.3. The number of aliphatic hydroxyl groups is 1. The molecule has 0 spiro atoms. The summed E-state index contributed by atoms with van der Waals surface area (Å²) in [6, 6.07) is 19.1. The molecule has 1 atom stereocenters. The number of hydrogen-bond acceptors (Lipinski definition) is 6. The van der Waals surface area contributed by atoms with Crippen LogP contribution in [-0.2, 0) is 20.2 Å². The fraction of sp³-hybridized carbons (Fsp3) is 0.296. The molecule has 188 valence electrons. The van der Waals surface area contributed by atoms with E-state index in [-0.39, 0.29) is 24.2 Å². The van der Waals surface area contributed by atoms with Crippen LogP contribution in [0.1, 0.15) is 31.7 Å². The molecule has 5 rings (SSSR count). The van der Waals surface area contributed by atoms with Crippen LogP contribution in [0.4, 0.5) is 5.69 Å². The van der Waals surface area contributed by atoms with E-state index in [0.717, 1.165) is 29.5 Å². The van der Waals surface area contributed by atoms with Gasteiger partial charge in [-0.2, -0.15) is 0 Å². The van der Waals surface area contributed by atoms with E-state index in [9.17, 15) is 18.3 Å². The van der Waals surface area contributed by atoms with Crippen molar-refractivity contribution < 1.29 is 27.8 Å². The molecule has 1 aliphatic carbocycles. The van der Waals surface area contributed by atoms with E-state index in [2.05, 4.69) is 10.0 Å². The lowest BCUT2D eigenvalue weighted by atomic mass is 9.94. The molecule has 1 aliphatic heterocycles. The average Bonchev–Trinajstić information content (AvgIpc) is 3.58. The fourth-order valence-corrected chi connectivity index (χ4v) is 5.67. The van der Waals surface area contributed by atoms with Crippen LogP contribution in [0.3, 0.4) is 0 Å². The van der Waals surface area contributed by atoms with Crippen molar-refractivity contribution in [1.82, 2.24) is 4.72 Å². The smallest absolute Gasteiger partial charge is 0.240 e. The van der Waals surface area contributed by atoms with E-state index in [0.29, 0.717) is 23.6 Å². The van der Waals surface area contributed by atoms with Gasteiger partial charge >= 0.3 is 0 Å². The molecule has 0 aromatic heterocycles. The minimum absolute atomic E-state index is 0.0691. The Hall–Kier alpha value is -3.40. The van der Waals surface area contributed by atoms with Gasteiger partial charge in [-0.1, -0.05) is 37.3 Å². The second-order valence-corrected chi connectivity index (χ2v) is 10.8. The summed E-state index contributed by atoms with van der Waals surface area (Å²) in [5, 5.41) is 12.4. The van der Waals surface area contributed by atoms with Gasteiger partial charge in [0.05, 0.1) is 16.9 Å². The second-order valence-electron chi connectivity index (χ2n) is 9.12. The number of fused-ring (bicyclic) bond motifs is 1. The van der Waals surface area contributed by atoms with Crippen molar-refractivity contribution in [3.05, 3.63) is 72.3 Å². The molecule has 2 aliphatic rings. The minimum atomic E-state index is -3.73. The average molecular weight is 509 g/mol. The maximum absolute atomic E-state index is 13.3. The molecule has 0 saturated heterocycles. The number of hydrogen-bond donors (Lipinski definition) is 3. The number of benzene rings is 3. The Labute approximate surface area is 210 Å². The summed E-state index contributed by atoms with van der Waals surface area (Å²) in [6.45, 7) is 1.73. The van der Waals surface area contributed by atoms with E-state index in [1.807, 2.05) is 42.5 Å². The van der Waals surface area contributed by atoms with Gasteiger partial charge < -0.3 is 19.9 Å². The molecule has 0 radical (unpaired) electrons. The Morgan fingerprint density at radius 1 is 1.00 bits per heavy atom. The lowest BCUT2D eigenvalue weighted by Crippen LogP contribution is -2.36. The lowest BCUT2D eigenvalue weighted by Gasteiger charge is -2.17. The van der Waals surface area contributed by atoms with Crippen LogP contribution in [0.5, 0.6) is 11.5 Å². The molecule has 0 unspecified atom stereocenters. The molecule has 1 saturated carbocycles. The molecule has 36 heavy (non-hydrogen) atoms. The number of amides is 1. The third kappa shape index (κ3) is 4.69. The zero-order valence-electron chi connectivity index (χ0n) is 19.9. The van der Waals surface area contributed by atoms with Crippen LogP contribution in [-0.4, -0.2) is 38.9 Å². The Bertz CT molecular complexity index is 1380. The maximum atomic E-state index is 13.3. The minimum Gasteiger partial charge on any atom is -0.454 e. The summed E-state index contributed by atoms with van der Waals surface area (Å²) in [5.41, 5.74) is 2.66. The molecule has 1 amide bonds. The molecule has 0 bridgehead atoms. The largest absolute Gasteiger partial charge is 0.454 e. The van der Waals surface area contributed by atoms with Gasteiger partial charge in [-0.15, -0.1) is 0 Å². The van der Waals surface area contributed by atoms with Gasteiger partial charge in [0, 0.05) is 11.7 Å². The summed E-state index contributed by atoms with van der Waals surface area (Å²) in [6.07, 6.45) is 2.01. The molecule has 8 nitrogen and oxygen atoms in total. The Morgan fingerprint density at radius 3 is 2.44 bits per heavy atom. The number of anilines is 1. The number of sulfonamides is 1. The van der Waals surface area contributed by atoms with Crippen LogP contribution >= 0.6 is 0 Å². The number of rotatable bonds is 9. The number of nitrogens with one attached hydrogen (secondary N) is 2. The van der Waals surface area contributed by atoms with Gasteiger partial charge in [0.1, 0.15) is 0 Å². The van der Waals surface area contributed by atoms with Crippen molar-refractivity contribution >= 4 is 21.6 Å². The van der Waals surface area contributed by atoms with Gasteiger partial charge in [-0.05, 0) is 72.4 Å². The van der Waals surface area contributed by atoms with Crippen LogP contribution in [0.15, 0.2) is 71.6 Å². The molecule has 1 fully saturated rings. The fourth-order valence-electron chi connectivity index (χ4n) is 4.36. The first-order valence-electron chi connectivity index (χ1n) is 11.9. The highest BCUT2D eigenvalue weighted by molar-refractivity contribution is 7.89. The quantitative estimate of drug-likeness (QED) is 0.405. The normalized spacial score (nSPS) is 16.4. The molecular formula is C27H28N2O6S. The van der Waals surface area contributed by atoms with Crippen molar-refractivity contribution in [3.8, 4) is 22.6 Å². The Balaban J connectivity index is 1.31. The van der Waals surface area contributed by atoms with Gasteiger partial charge in [0.2, 0.25) is 22.7 Å². The van der Waals surface area contributed by atoms with Gasteiger partial charge in [0.25, 0.3) is 0 Å². The zero-order valence-corrected chi connectivity index (χ0v) is 20.7. The monoisotopic (exact) mass is 508 g/mol. The highest BCUT2D eigenvalue weighted by Crippen LogP contribution is 2.51. The summed E-state index contributed by atoms with van der Waals surface area (Å²) in [4.78, 5) is 13.4. The summed E-state index contributed by atoms with van der Waals surface area (Å²) < 4.78 is 38.5. The summed E-state index contributed by atoms with van der Waals surface area (Å²) in [7, 11) is -3.73. The number of aliphatic hydroxyl groups excluding tert-OH is 1. The van der Waals surface area contributed by atoms with Crippen molar-refractivity contribution in [1.29, 1.82) is 0 Å². The molecule has 9 heteroatoms. The second kappa shape index (κ2) is 9.57. The lowest BCUT2D eigenvalue weighted by molar-refractivity contribution is -0.118. The van der Waals surface area contributed by atoms with Crippen molar-refractivity contribution in [2.24, 2.45) is 0 Å². The topological polar surface area (TPSA) is 114 Å². The van der Waals surface area contributed by atoms with Crippen LogP contribution in [0.25, 0.3) is 11.1 Å². The van der Waals surface area contributed by atoms with Crippen LogP contribution in [0, 0.1) is 0 Å². The highest BCUT2D eigenvalue weighted by Gasteiger charge is 2.51. The SMILES string of the molecule is CC[C@H](CO)NS(=O)(=O)c1ccc(-c2cccc(NC(=O)C3(c4ccc5c(c4)OCO5)CC3)c2)cc1. The standard InChI is InChI=1S/C27H28N2O6S/c1-2-21(16-30)29-36(32,33)23-9-6-18(7-10-23)19-4-3-5-22(14-19)28-26(31)27(12-13-27)20-8-11-24-25(15-20)35-17-34-24/h3-11,14-15,21,29-30H,2,12-13,16-17H2,1H3,(H,28,31)/t21-/m1/s1. The Morgan fingerprint density at radius 2 is 1.75 bits per heavy atom. The first kappa shape index (κ1) is 24.3. The van der Waals surface area contributed by atoms with Crippen LogP contribution in [0.2, 0.25) is 0 Å². The molecule has 3 N–H and O–H groups in total. The molecular weight excluding hydrogens is 480 g/mol. The summed E-state index contributed by atoms with van der Waals surface area (Å²) >= 11 is 0. The van der Waals surface area contributed by atoms with E-state index >= 15 is 0 Å². The van der Waals surface area contributed by atoms with Crippen molar-refractivity contribution in [3.63, 3.8) is 0 Å². The van der Waals surface area contributed by atoms with E-state index < -0.39 is 21.5 Å². The van der Waals surface area contributed by atoms with Crippen molar-refractivity contribution in [2.75, 3.05) is 18.7 Å². The number of carbonyl (C=O) groups is 1. The van der Waals surface area contributed by atoms with E-state index in [1.165, 1.54) is 12.1 Å².